The smallest absolute Gasteiger partial charge is 0.264 e. The summed E-state index contributed by atoms with van der Waals surface area (Å²) in [5, 5.41) is 3.20. The number of carbonyl (C=O) groups excluding carboxylic acids is 2. The van der Waals surface area contributed by atoms with Crippen LogP contribution in [0.1, 0.15) is 36.8 Å². The van der Waals surface area contributed by atoms with Crippen molar-refractivity contribution in [1.82, 2.24) is 10.2 Å². The largest absolute Gasteiger partial charge is 0.497 e. The molecule has 1 aliphatic rings. The van der Waals surface area contributed by atoms with E-state index in [9.17, 15) is 18.0 Å². The van der Waals surface area contributed by atoms with Crippen molar-refractivity contribution in [2.24, 2.45) is 0 Å². The molecule has 0 saturated heterocycles. The van der Waals surface area contributed by atoms with E-state index in [-0.39, 0.29) is 41.2 Å². The molecule has 9 nitrogen and oxygen atoms in total. The fraction of sp³-hybridized carbons (Fsp3) is 0.297. The Morgan fingerprint density at radius 1 is 0.854 bits per heavy atom. The lowest BCUT2D eigenvalue weighted by Gasteiger charge is -2.34. The molecule has 0 unspecified atom stereocenters. The third kappa shape index (κ3) is 8.56. The van der Waals surface area contributed by atoms with E-state index in [0.717, 1.165) is 45.6 Å². The minimum absolute atomic E-state index is 0.00180. The second kappa shape index (κ2) is 16.2. The molecule has 1 aliphatic carbocycles. The van der Waals surface area contributed by atoms with Gasteiger partial charge in [0.1, 0.15) is 24.1 Å². The van der Waals surface area contributed by atoms with E-state index >= 15 is 0 Å². The number of benzene rings is 4. The molecular formula is C37H40BrN3O6S. The Morgan fingerprint density at radius 2 is 1.50 bits per heavy atom. The topological polar surface area (TPSA) is 105 Å². The molecular weight excluding hydrogens is 694 g/mol. The summed E-state index contributed by atoms with van der Waals surface area (Å²) in [6.45, 7) is -0.518. The number of carbonyl (C=O) groups is 2. The van der Waals surface area contributed by atoms with Crippen molar-refractivity contribution in [3.63, 3.8) is 0 Å². The number of nitrogens with one attached hydrogen (secondary N) is 1. The molecule has 5 rings (SSSR count). The van der Waals surface area contributed by atoms with E-state index in [0.29, 0.717) is 5.75 Å². The lowest BCUT2D eigenvalue weighted by molar-refractivity contribution is -0.140. The number of rotatable bonds is 14. The van der Waals surface area contributed by atoms with Crippen molar-refractivity contribution in [1.29, 1.82) is 0 Å². The molecule has 0 aromatic heterocycles. The van der Waals surface area contributed by atoms with Crippen molar-refractivity contribution in [3.05, 3.63) is 119 Å². The summed E-state index contributed by atoms with van der Waals surface area (Å²) in [4.78, 5) is 30.4. The van der Waals surface area contributed by atoms with Crippen LogP contribution in [0.5, 0.6) is 11.5 Å². The molecule has 0 radical (unpaired) electrons. The van der Waals surface area contributed by atoms with E-state index in [1.807, 2.05) is 54.6 Å². The molecule has 0 bridgehead atoms. The van der Waals surface area contributed by atoms with Gasteiger partial charge in [0, 0.05) is 29.5 Å². The van der Waals surface area contributed by atoms with E-state index in [4.69, 9.17) is 9.47 Å². The Bertz CT molecular complexity index is 1780. The first-order valence-corrected chi connectivity index (χ1v) is 18.1. The second-order valence-corrected chi connectivity index (χ2v) is 14.5. The van der Waals surface area contributed by atoms with Gasteiger partial charge in [-0.05, 0) is 60.4 Å². The molecule has 1 saturated carbocycles. The zero-order valence-electron chi connectivity index (χ0n) is 27.0. The Morgan fingerprint density at radius 3 is 2.12 bits per heavy atom. The van der Waals surface area contributed by atoms with Gasteiger partial charge in [-0.25, -0.2) is 8.42 Å². The van der Waals surface area contributed by atoms with Crippen molar-refractivity contribution >= 4 is 43.5 Å². The van der Waals surface area contributed by atoms with Crippen molar-refractivity contribution in [2.75, 3.05) is 25.1 Å². The standard InChI is InChI=1S/C37H40BrN3O6S/c1-46-31-21-22-35(47-2)33(24-31)41(48(44,45)32-15-7-4-8-16-32)26-36(42)40(25-28-17-19-29(38)20-18-28)34(23-27-11-5-3-6-12-27)37(43)39-30-13-9-10-14-30/h3-8,11-12,15-22,24,30,34H,9-10,13-14,23,25-26H2,1-2H3,(H,39,43)/t34-/m1/s1. The minimum Gasteiger partial charge on any atom is -0.497 e. The van der Waals surface area contributed by atoms with Crippen LogP contribution in [0.4, 0.5) is 5.69 Å². The summed E-state index contributed by atoms with van der Waals surface area (Å²) >= 11 is 3.47. The number of hydrogen-bond acceptors (Lipinski definition) is 6. The number of sulfonamides is 1. The molecule has 1 fully saturated rings. The second-order valence-electron chi connectivity index (χ2n) is 11.7. The van der Waals surface area contributed by atoms with E-state index in [2.05, 4.69) is 21.2 Å². The third-order valence-electron chi connectivity index (χ3n) is 8.50. The molecule has 0 aliphatic heterocycles. The number of halogens is 1. The Labute approximate surface area is 291 Å². The summed E-state index contributed by atoms with van der Waals surface area (Å²) in [6, 6.07) is 28.8. The number of methoxy groups -OCH3 is 2. The highest BCUT2D eigenvalue weighted by Gasteiger charge is 2.36. The Hall–Kier alpha value is -4.35. The zero-order chi connectivity index (χ0) is 34.1. The van der Waals surface area contributed by atoms with Crippen LogP contribution < -0.4 is 19.1 Å². The average Bonchev–Trinajstić information content (AvgIpc) is 3.63. The zero-order valence-corrected chi connectivity index (χ0v) is 29.5. The summed E-state index contributed by atoms with van der Waals surface area (Å²) in [7, 11) is -1.39. The van der Waals surface area contributed by atoms with Crippen LogP contribution in [0.2, 0.25) is 0 Å². The van der Waals surface area contributed by atoms with Crippen molar-refractivity contribution in [3.8, 4) is 11.5 Å². The van der Waals surface area contributed by atoms with E-state index < -0.39 is 28.5 Å². The van der Waals surface area contributed by atoms with Crippen LogP contribution in [0.3, 0.4) is 0 Å². The number of nitrogens with zero attached hydrogens (tertiary/aromatic N) is 2. The number of ether oxygens (including phenoxy) is 2. The molecule has 1 N–H and O–H groups in total. The maximum Gasteiger partial charge on any atom is 0.264 e. The number of hydrogen-bond donors (Lipinski definition) is 1. The molecule has 48 heavy (non-hydrogen) atoms. The normalized spacial score (nSPS) is 13.8. The fourth-order valence-corrected chi connectivity index (χ4v) is 7.63. The predicted molar refractivity (Wildman–Crippen MR) is 190 cm³/mol. The van der Waals surface area contributed by atoms with Crippen LogP contribution >= 0.6 is 15.9 Å². The van der Waals surface area contributed by atoms with Gasteiger partial charge in [-0.2, -0.15) is 0 Å². The first-order valence-electron chi connectivity index (χ1n) is 15.9. The van der Waals surface area contributed by atoms with Crippen molar-refractivity contribution in [2.45, 2.75) is 55.6 Å². The van der Waals surface area contributed by atoms with Crippen LogP contribution in [-0.4, -0.2) is 58.0 Å². The number of amides is 2. The van der Waals surface area contributed by atoms with Gasteiger partial charge in [-0.15, -0.1) is 0 Å². The van der Waals surface area contributed by atoms with Gasteiger partial charge in [-0.1, -0.05) is 89.4 Å². The van der Waals surface area contributed by atoms with Crippen molar-refractivity contribution < 1.29 is 27.5 Å². The first-order chi connectivity index (χ1) is 23.2. The first kappa shape index (κ1) is 35.0. The van der Waals surface area contributed by atoms with Gasteiger partial charge in [0.15, 0.2) is 0 Å². The average molecular weight is 735 g/mol. The number of anilines is 1. The molecule has 0 spiro atoms. The van der Waals surface area contributed by atoms with Gasteiger partial charge in [0.05, 0.1) is 24.8 Å². The molecule has 0 heterocycles. The maximum atomic E-state index is 14.8. The third-order valence-corrected chi connectivity index (χ3v) is 10.8. The summed E-state index contributed by atoms with van der Waals surface area (Å²) in [5.41, 5.74) is 1.79. The Kier molecular flexibility index (Phi) is 11.8. The monoisotopic (exact) mass is 733 g/mol. The highest BCUT2D eigenvalue weighted by Crippen LogP contribution is 2.36. The van der Waals surface area contributed by atoms with Gasteiger partial charge >= 0.3 is 0 Å². The quantitative estimate of drug-likeness (QED) is 0.162. The van der Waals surface area contributed by atoms with Gasteiger partial charge in [0.25, 0.3) is 10.0 Å². The fourth-order valence-electron chi connectivity index (χ4n) is 5.93. The molecule has 252 valence electrons. The molecule has 2 amide bonds. The van der Waals surface area contributed by atoms with Crippen LogP contribution in [0.25, 0.3) is 0 Å². The van der Waals surface area contributed by atoms with E-state index in [1.54, 1.807) is 30.3 Å². The molecule has 4 aromatic carbocycles. The van der Waals surface area contributed by atoms with E-state index in [1.165, 1.54) is 37.3 Å². The van der Waals surface area contributed by atoms with Crippen LogP contribution in [0, 0.1) is 0 Å². The van der Waals surface area contributed by atoms with Gasteiger partial charge in [0.2, 0.25) is 11.8 Å². The van der Waals surface area contributed by atoms with Gasteiger partial charge < -0.3 is 19.7 Å². The predicted octanol–water partition coefficient (Wildman–Crippen LogP) is 6.36. The highest BCUT2D eigenvalue weighted by molar-refractivity contribution is 9.10. The summed E-state index contributed by atoms with van der Waals surface area (Å²) < 4.78 is 41.6. The lowest BCUT2D eigenvalue weighted by atomic mass is 10.0. The highest BCUT2D eigenvalue weighted by atomic mass is 79.9. The Balaban J connectivity index is 1.60. The molecule has 1 atom stereocenters. The lowest BCUT2D eigenvalue weighted by Crippen LogP contribution is -2.54. The van der Waals surface area contributed by atoms with Crippen LogP contribution in [-0.2, 0) is 32.6 Å². The SMILES string of the molecule is COc1ccc(OC)c(N(CC(=O)N(Cc2ccc(Br)cc2)[C@H](Cc2ccccc2)C(=O)NC2CCCC2)S(=O)(=O)c2ccccc2)c1. The molecule has 4 aromatic rings. The maximum absolute atomic E-state index is 14.8. The van der Waals surface area contributed by atoms with Gasteiger partial charge in [-0.3, -0.25) is 13.9 Å². The summed E-state index contributed by atoms with van der Waals surface area (Å²) in [6.07, 6.45) is 4.07. The summed E-state index contributed by atoms with van der Waals surface area (Å²) in [5.74, 6) is -0.198. The molecule has 11 heteroatoms. The van der Waals surface area contributed by atoms with Crippen LogP contribution in [0.15, 0.2) is 112 Å². The minimum atomic E-state index is -4.30.